The fourth-order valence-corrected chi connectivity index (χ4v) is 4.00. The van der Waals surface area contributed by atoms with E-state index in [1.54, 1.807) is 47.7 Å². The van der Waals surface area contributed by atoms with Crippen LogP contribution in [0, 0.1) is 0 Å². The maximum Gasteiger partial charge on any atom is 0.425 e. The van der Waals surface area contributed by atoms with Crippen molar-refractivity contribution >= 4 is 47.2 Å². The molecule has 0 aromatic carbocycles. The quantitative estimate of drug-likeness (QED) is 0.595. The van der Waals surface area contributed by atoms with Gasteiger partial charge in [0.15, 0.2) is 0 Å². The summed E-state index contributed by atoms with van der Waals surface area (Å²) in [6.45, 7) is 16.8. The van der Waals surface area contributed by atoms with Crippen molar-refractivity contribution in [2.24, 2.45) is 0 Å². The Morgan fingerprint density at radius 3 is 1.77 bits per heavy atom. The monoisotopic (exact) mass is 444 g/mol. The summed E-state index contributed by atoms with van der Waals surface area (Å²) in [5.74, 6) is 0.260. The van der Waals surface area contributed by atoms with Gasteiger partial charge >= 0.3 is 12.2 Å². The molecule has 1 aromatic rings. The van der Waals surface area contributed by atoms with Crippen LogP contribution in [0.2, 0.25) is 19.6 Å². The maximum atomic E-state index is 12.8. The third-order valence-corrected chi connectivity index (χ3v) is 5.42. The first-order valence-corrected chi connectivity index (χ1v) is 12.7. The standard InChI is InChI=1S/C18H29BrN2O4Si/c1-17(2,3)24-15(22)21(16(23)25-18(4,5)6)14-13(26(7,8)9)10-12(19)11-20-14/h10-11H,1-9H3. The van der Waals surface area contributed by atoms with E-state index in [4.69, 9.17) is 9.47 Å². The molecule has 0 aliphatic heterocycles. The number of rotatable bonds is 2. The van der Waals surface area contributed by atoms with Gasteiger partial charge in [-0.05, 0) is 68.7 Å². The number of pyridine rings is 1. The van der Waals surface area contributed by atoms with Gasteiger partial charge in [-0.25, -0.2) is 14.6 Å². The molecular formula is C18H29BrN2O4Si. The van der Waals surface area contributed by atoms with E-state index in [1.807, 2.05) is 6.07 Å². The lowest BCUT2D eigenvalue weighted by Crippen LogP contribution is -2.49. The fraction of sp³-hybridized carbons (Fsp3) is 0.611. The summed E-state index contributed by atoms with van der Waals surface area (Å²) in [4.78, 5) is 30.9. The number of hydrogen-bond acceptors (Lipinski definition) is 5. The Balaban J connectivity index is 3.51. The van der Waals surface area contributed by atoms with Crippen LogP contribution in [0.3, 0.4) is 0 Å². The number of imide groups is 1. The molecule has 8 heteroatoms. The predicted molar refractivity (Wildman–Crippen MR) is 110 cm³/mol. The number of hydrogen-bond donors (Lipinski definition) is 0. The molecule has 26 heavy (non-hydrogen) atoms. The van der Waals surface area contributed by atoms with Crippen LogP contribution in [0.1, 0.15) is 41.5 Å². The Bertz CT molecular complexity index is 660. The number of aromatic nitrogens is 1. The molecule has 0 aliphatic rings. The van der Waals surface area contributed by atoms with E-state index in [-0.39, 0.29) is 5.82 Å². The number of carbonyl (C=O) groups excluding carboxylic acids is 2. The Hall–Kier alpha value is -1.41. The van der Waals surface area contributed by atoms with Crippen molar-refractivity contribution in [2.45, 2.75) is 72.4 Å². The summed E-state index contributed by atoms with van der Waals surface area (Å²) in [7, 11) is -1.93. The van der Waals surface area contributed by atoms with Gasteiger partial charge in [0.2, 0.25) is 0 Å². The van der Waals surface area contributed by atoms with Crippen molar-refractivity contribution in [1.82, 2.24) is 4.98 Å². The summed E-state index contributed by atoms with van der Waals surface area (Å²) in [5.41, 5.74) is -1.52. The lowest BCUT2D eigenvalue weighted by molar-refractivity contribution is 0.0429. The highest BCUT2D eigenvalue weighted by atomic mass is 79.9. The largest absolute Gasteiger partial charge is 0.443 e. The lowest BCUT2D eigenvalue weighted by Gasteiger charge is -2.30. The minimum absolute atomic E-state index is 0.260. The number of amides is 2. The smallest absolute Gasteiger partial charge is 0.425 e. The summed E-state index contributed by atoms with van der Waals surface area (Å²) in [6, 6.07) is 1.90. The minimum Gasteiger partial charge on any atom is -0.443 e. The molecule has 146 valence electrons. The number of anilines is 1. The van der Waals surface area contributed by atoms with Gasteiger partial charge in [-0.15, -0.1) is 0 Å². The van der Waals surface area contributed by atoms with Gasteiger partial charge in [0, 0.05) is 10.7 Å². The van der Waals surface area contributed by atoms with Gasteiger partial charge in [-0.1, -0.05) is 19.6 Å². The normalized spacial score (nSPS) is 12.5. The fourth-order valence-electron chi connectivity index (χ4n) is 2.02. The van der Waals surface area contributed by atoms with Crippen LogP contribution in [0.5, 0.6) is 0 Å². The molecule has 0 saturated heterocycles. The first-order chi connectivity index (χ1) is 11.5. The Kier molecular flexibility index (Phi) is 6.68. The molecule has 0 saturated carbocycles. The lowest BCUT2D eigenvalue weighted by atomic mass is 10.2. The average molecular weight is 445 g/mol. The third-order valence-electron chi connectivity index (χ3n) is 3.01. The molecule has 0 fully saturated rings. The highest BCUT2D eigenvalue weighted by molar-refractivity contribution is 9.10. The second-order valence-corrected chi connectivity index (χ2v) is 15.0. The van der Waals surface area contributed by atoms with Gasteiger partial charge in [-0.2, -0.15) is 4.90 Å². The molecular weight excluding hydrogens is 416 g/mol. The highest BCUT2D eigenvalue weighted by Gasteiger charge is 2.37. The molecule has 0 unspecified atom stereocenters. The summed E-state index contributed by atoms with van der Waals surface area (Å²) in [5, 5.41) is 0.851. The van der Waals surface area contributed by atoms with Crippen molar-refractivity contribution in [3.63, 3.8) is 0 Å². The predicted octanol–water partition coefficient (Wildman–Crippen LogP) is 5.07. The first-order valence-electron chi connectivity index (χ1n) is 8.43. The molecule has 1 heterocycles. The van der Waals surface area contributed by atoms with E-state index < -0.39 is 31.5 Å². The van der Waals surface area contributed by atoms with Crippen molar-refractivity contribution in [3.8, 4) is 0 Å². The summed E-state index contributed by atoms with van der Waals surface area (Å²) < 4.78 is 11.7. The van der Waals surface area contributed by atoms with Gasteiger partial charge < -0.3 is 9.47 Å². The zero-order valence-electron chi connectivity index (χ0n) is 17.1. The number of halogens is 1. The number of nitrogens with zero attached hydrogens (tertiary/aromatic N) is 2. The van der Waals surface area contributed by atoms with Crippen LogP contribution in [0.4, 0.5) is 15.4 Å². The second-order valence-electron chi connectivity index (χ2n) is 9.07. The van der Waals surface area contributed by atoms with Gasteiger partial charge in [-0.3, -0.25) is 0 Å². The molecule has 6 nitrogen and oxygen atoms in total. The van der Waals surface area contributed by atoms with Crippen molar-refractivity contribution < 1.29 is 19.1 Å². The van der Waals surface area contributed by atoms with Crippen molar-refractivity contribution in [1.29, 1.82) is 0 Å². The zero-order valence-corrected chi connectivity index (χ0v) is 19.6. The van der Waals surface area contributed by atoms with Crippen molar-refractivity contribution in [2.75, 3.05) is 4.90 Å². The Morgan fingerprint density at radius 1 is 1.00 bits per heavy atom. The van der Waals surface area contributed by atoms with Gasteiger partial charge in [0.25, 0.3) is 0 Å². The van der Waals surface area contributed by atoms with Crippen LogP contribution in [0.15, 0.2) is 16.7 Å². The average Bonchev–Trinajstić information content (AvgIpc) is 2.35. The molecule has 2 amide bonds. The molecule has 1 aromatic heterocycles. The Labute approximate surface area is 165 Å². The van der Waals surface area contributed by atoms with Crippen LogP contribution in [-0.2, 0) is 9.47 Å². The zero-order chi connectivity index (χ0) is 20.5. The number of ether oxygens (including phenoxy) is 2. The van der Waals surface area contributed by atoms with E-state index in [2.05, 4.69) is 40.6 Å². The van der Waals surface area contributed by atoms with Gasteiger partial charge in [0.05, 0.1) is 8.07 Å². The van der Waals surface area contributed by atoms with Gasteiger partial charge in [0.1, 0.15) is 17.0 Å². The van der Waals surface area contributed by atoms with E-state index in [1.165, 1.54) is 0 Å². The summed E-state index contributed by atoms with van der Waals surface area (Å²) in [6.07, 6.45) is -0.0529. The molecule has 0 spiro atoms. The Morgan fingerprint density at radius 2 is 1.42 bits per heavy atom. The van der Waals surface area contributed by atoms with Crippen LogP contribution >= 0.6 is 15.9 Å². The summed E-state index contributed by atoms with van der Waals surface area (Å²) >= 11 is 3.42. The van der Waals surface area contributed by atoms with E-state index in [0.717, 1.165) is 14.6 Å². The maximum absolute atomic E-state index is 12.8. The van der Waals surface area contributed by atoms with Crippen LogP contribution in [-0.4, -0.2) is 36.4 Å². The molecule has 0 atom stereocenters. The molecule has 1 rings (SSSR count). The second kappa shape index (κ2) is 7.68. The van der Waals surface area contributed by atoms with E-state index >= 15 is 0 Å². The minimum atomic E-state index is -1.93. The first kappa shape index (κ1) is 22.6. The third kappa shape index (κ3) is 6.72. The molecule has 0 radical (unpaired) electrons. The topological polar surface area (TPSA) is 68.7 Å². The van der Waals surface area contributed by atoms with E-state index in [9.17, 15) is 9.59 Å². The van der Waals surface area contributed by atoms with E-state index in [0.29, 0.717) is 0 Å². The van der Waals surface area contributed by atoms with Crippen LogP contribution < -0.4 is 10.1 Å². The molecule has 0 aliphatic carbocycles. The SMILES string of the molecule is CC(C)(C)OC(=O)N(C(=O)OC(C)(C)C)c1ncc(Br)cc1[Si](C)(C)C. The molecule has 0 bridgehead atoms. The molecule has 0 N–H and O–H groups in total. The van der Waals surface area contributed by atoms with Crippen molar-refractivity contribution in [3.05, 3.63) is 16.7 Å². The van der Waals surface area contributed by atoms with Crippen LogP contribution in [0.25, 0.3) is 0 Å². The number of carbonyl (C=O) groups is 2. The highest BCUT2D eigenvalue weighted by Crippen LogP contribution is 2.23.